The van der Waals surface area contributed by atoms with Crippen molar-refractivity contribution >= 4 is 17.7 Å². The lowest BCUT2D eigenvalue weighted by molar-refractivity contribution is -0.142. The fourth-order valence-electron chi connectivity index (χ4n) is 2.25. The van der Waals surface area contributed by atoms with Crippen LogP contribution in [0, 0.1) is 0 Å². The first-order valence-corrected chi connectivity index (χ1v) is 7.46. The largest absolute Gasteiger partial charge is 0.495 e. The molecule has 0 aromatic heterocycles. The lowest BCUT2D eigenvalue weighted by Crippen LogP contribution is -2.45. The summed E-state index contributed by atoms with van der Waals surface area (Å²) in [7, 11) is 2.81. The highest BCUT2D eigenvalue weighted by molar-refractivity contribution is 5.93. The average molecular weight is 328 g/mol. The Morgan fingerprint density at radius 2 is 1.67 bits per heavy atom. The first kappa shape index (κ1) is 17.3. The lowest BCUT2D eigenvalue weighted by atomic mass is 10.1. The lowest BCUT2D eigenvalue weighted by Gasteiger charge is -2.17. The molecule has 0 saturated carbocycles. The highest BCUT2D eigenvalue weighted by atomic mass is 16.5. The van der Waals surface area contributed by atoms with Crippen molar-refractivity contribution in [1.29, 1.82) is 0 Å². The van der Waals surface area contributed by atoms with E-state index in [0.29, 0.717) is 17.9 Å². The van der Waals surface area contributed by atoms with Crippen LogP contribution in [-0.2, 0) is 16.0 Å². The van der Waals surface area contributed by atoms with Gasteiger partial charge in [0.2, 0.25) is 0 Å². The van der Waals surface area contributed by atoms with E-state index in [4.69, 9.17) is 9.47 Å². The first-order valence-electron chi connectivity index (χ1n) is 7.46. The maximum absolute atomic E-state index is 12.2. The van der Waals surface area contributed by atoms with E-state index in [1.54, 1.807) is 24.3 Å². The number of esters is 1. The van der Waals surface area contributed by atoms with Gasteiger partial charge in [0, 0.05) is 6.42 Å². The second kappa shape index (κ2) is 8.57. The van der Waals surface area contributed by atoms with E-state index in [1.165, 1.54) is 14.2 Å². The summed E-state index contributed by atoms with van der Waals surface area (Å²) in [5.74, 6) is 0.0272. The molecule has 2 aromatic carbocycles. The third-order valence-corrected chi connectivity index (χ3v) is 3.43. The molecule has 2 amide bonds. The van der Waals surface area contributed by atoms with E-state index in [9.17, 15) is 9.59 Å². The number of hydrogen-bond donors (Lipinski definition) is 2. The van der Waals surface area contributed by atoms with Gasteiger partial charge in [-0.15, -0.1) is 0 Å². The number of nitrogens with one attached hydrogen (secondary N) is 2. The van der Waals surface area contributed by atoms with E-state index in [2.05, 4.69) is 10.6 Å². The van der Waals surface area contributed by atoms with Gasteiger partial charge in [-0.25, -0.2) is 9.59 Å². The van der Waals surface area contributed by atoms with Crippen LogP contribution in [0.25, 0.3) is 0 Å². The molecule has 0 aliphatic rings. The molecule has 0 radical (unpaired) electrons. The maximum atomic E-state index is 12.2. The summed E-state index contributed by atoms with van der Waals surface area (Å²) >= 11 is 0. The average Bonchev–Trinajstić information content (AvgIpc) is 2.61. The minimum Gasteiger partial charge on any atom is -0.495 e. The summed E-state index contributed by atoms with van der Waals surface area (Å²) in [5, 5.41) is 5.31. The van der Waals surface area contributed by atoms with Crippen molar-refractivity contribution in [3.8, 4) is 5.75 Å². The van der Waals surface area contributed by atoms with E-state index >= 15 is 0 Å². The van der Waals surface area contributed by atoms with Gasteiger partial charge < -0.3 is 20.1 Å². The van der Waals surface area contributed by atoms with Crippen LogP contribution >= 0.6 is 0 Å². The zero-order valence-electron chi connectivity index (χ0n) is 13.6. The Balaban J connectivity index is 2.05. The van der Waals surface area contributed by atoms with Gasteiger partial charge in [0.05, 0.1) is 19.9 Å². The minimum absolute atomic E-state index is 0.340. The molecule has 24 heavy (non-hydrogen) atoms. The highest BCUT2D eigenvalue weighted by Crippen LogP contribution is 2.22. The summed E-state index contributed by atoms with van der Waals surface area (Å²) in [6, 6.07) is 15.1. The molecule has 1 atom stereocenters. The SMILES string of the molecule is COC(=O)[C@H](Cc1ccccc1)NC(=O)Nc1ccccc1OC. The van der Waals surface area contributed by atoms with Gasteiger partial charge in [0.25, 0.3) is 0 Å². The van der Waals surface area contributed by atoms with Crippen molar-refractivity contribution in [3.05, 3.63) is 60.2 Å². The van der Waals surface area contributed by atoms with Crippen molar-refractivity contribution in [2.75, 3.05) is 19.5 Å². The number of benzene rings is 2. The molecular formula is C18H20N2O4. The Morgan fingerprint density at radius 1 is 1.00 bits per heavy atom. The van der Waals surface area contributed by atoms with Crippen molar-refractivity contribution in [2.45, 2.75) is 12.5 Å². The third-order valence-electron chi connectivity index (χ3n) is 3.43. The molecule has 0 fully saturated rings. The van der Waals surface area contributed by atoms with Gasteiger partial charge in [-0.2, -0.15) is 0 Å². The molecule has 2 rings (SSSR count). The molecule has 0 spiro atoms. The molecule has 0 unspecified atom stereocenters. The molecular weight excluding hydrogens is 308 g/mol. The van der Waals surface area contributed by atoms with E-state index in [0.717, 1.165) is 5.56 Å². The fourth-order valence-corrected chi connectivity index (χ4v) is 2.25. The minimum atomic E-state index is -0.785. The quantitative estimate of drug-likeness (QED) is 0.799. The van der Waals surface area contributed by atoms with Gasteiger partial charge in [0.1, 0.15) is 11.8 Å². The predicted molar refractivity (Wildman–Crippen MR) is 91.1 cm³/mol. The smallest absolute Gasteiger partial charge is 0.328 e. The van der Waals surface area contributed by atoms with E-state index in [1.807, 2.05) is 30.3 Å². The van der Waals surface area contributed by atoms with Gasteiger partial charge in [-0.05, 0) is 17.7 Å². The zero-order valence-corrected chi connectivity index (χ0v) is 13.6. The van der Waals surface area contributed by atoms with Crippen LogP contribution in [0.15, 0.2) is 54.6 Å². The number of ether oxygens (including phenoxy) is 2. The van der Waals surface area contributed by atoms with Crippen LogP contribution in [0.3, 0.4) is 0 Å². The molecule has 126 valence electrons. The topological polar surface area (TPSA) is 76.7 Å². The number of para-hydroxylation sites is 2. The van der Waals surface area contributed by atoms with Crippen LogP contribution in [0.5, 0.6) is 5.75 Å². The number of urea groups is 1. The van der Waals surface area contributed by atoms with Crippen LogP contribution in [0.1, 0.15) is 5.56 Å². The standard InChI is InChI=1S/C18H20N2O4/c1-23-16-11-7-6-10-14(16)19-18(22)20-15(17(21)24-2)12-13-8-4-3-5-9-13/h3-11,15H,12H2,1-2H3,(H2,19,20,22)/t15-/m0/s1. The summed E-state index contributed by atoms with van der Waals surface area (Å²) in [5.41, 5.74) is 1.44. The molecule has 0 saturated heterocycles. The summed E-state index contributed by atoms with van der Waals surface area (Å²) in [6.45, 7) is 0. The molecule has 0 aliphatic heterocycles. The number of hydrogen-bond acceptors (Lipinski definition) is 4. The summed E-state index contributed by atoms with van der Waals surface area (Å²) in [4.78, 5) is 24.2. The Kier molecular flexibility index (Phi) is 6.19. The molecule has 2 N–H and O–H groups in total. The van der Waals surface area contributed by atoms with Crippen LogP contribution in [0.4, 0.5) is 10.5 Å². The fraction of sp³-hybridized carbons (Fsp3) is 0.222. The number of methoxy groups -OCH3 is 2. The van der Waals surface area contributed by atoms with E-state index < -0.39 is 18.0 Å². The second-order valence-electron chi connectivity index (χ2n) is 5.06. The van der Waals surface area contributed by atoms with Crippen molar-refractivity contribution in [1.82, 2.24) is 5.32 Å². The van der Waals surface area contributed by atoms with Crippen molar-refractivity contribution in [3.63, 3.8) is 0 Å². The Hall–Kier alpha value is -3.02. The highest BCUT2D eigenvalue weighted by Gasteiger charge is 2.22. The Morgan fingerprint density at radius 3 is 2.33 bits per heavy atom. The second-order valence-corrected chi connectivity index (χ2v) is 5.06. The van der Waals surface area contributed by atoms with Gasteiger partial charge in [0.15, 0.2) is 0 Å². The van der Waals surface area contributed by atoms with Crippen LogP contribution in [-0.4, -0.2) is 32.3 Å². The predicted octanol–water partition coefficient (Wildman–Crippen LogP) is 2.60. The number of anilines is 1. The Bertz CT molecular complexity index is 688. The number of rotatable bonds is 6. The molecule has 0 heterocycles. The van der Waals surface area contributed by atoms with Crippen molar-refractivity contribution < 1.29 is 19.1 Å². The first-order chi connectivity index (χ1) is 11.6. The number of carbonyl (C=O) groups excluding carboxylic acids is 2. The molecule has 0 aliphatic carbocycles. The number of amides is 2. The van der Waals surface area contributed by atoms with Crippen molar-refractivity contribution in [2.24, 2.45) is 0 Å². The van der Waals surface area contributed by atoms with Crippen LogP contribution in [0.2, 0.25) is 0 Å². The third kappa shape index (κ3) is 4.74. The van der Waals surface area contributed by atoms with Crippen LogP contribution < -0.4 is 15.4 Å². The summed E-state index contributed by atoms with van der Waals surface area (Å²) < 4.78 is 9.96. The van der Waals surface area contributed by atoms with E-state index in [-0.39, 0.29) is 0 Å². The Labute approximate surface area is 140 Å². The molecule has 0 bridgehead atoms. The normalized spacial score (nSPS) is 11.2. The number of carbonyl (C=O) groups is 2. The van der Waals surface area contributed by atoms with Gasteiger partial charge in [-0.1, -0.05) is 42.5 Å². The maximum Gasteiger partial charge on any atom is 0.328 e. The molecule has 6 heteroatoms. The monoisotopic (exact) mass is 328 g/mol. The summed E-state index contributed by atoms with van der Waals surface area (Å²) in [6.07, 6.45) is 0.340. The van der Waals surface area contributed by atoms with Gasteiger partial charge >= 0.3 is 12.0 Å². The zero-order chi connectivity index (χ0) is 17.4. The molecule has 2 aromatic rings. The van der Waals surface area contributed by atoms with Gasteiger partial charge in [-0.3, -0.25) is 0 Å². The molecule has 6 nitrogen and oxygen atoms in total.